The third-order valence-electron chi connectivity index (χ3n) is 4.94. The van der Waals surface area contributed by atoms with Crippen LogP contribution in [0.4, 0.5) is 0 Å². The van der Waals surface area contributed by atoms with Crippen LogP contribution in [-0.4, -0.2) is 54.1 Å². The zero-order chi connectivity index (χ0) is 27.7. The zero-order valence-electron chi connectivity index (χ0n) is 20.3. The Morgan fingerprint density at radius 3 is 1.63 bits per heavy atom. The van der Waals surface area contributed by atoms with Gasteiger partial charge in [-0.2, -0.15) is 0 Å². The first-order valence-corrected chi connectivity index (χ1v) is 13.4. The first-order valence-electron chi connectivity index (χ1n) is 11.0. The van der Waals surface area contributed by atoms with Crippen LogP contribution in [-0.2, 0) is 27.1 Å². The third-order valence-corrected chi connectivity index (χ3v) is 7.70. The number of rotatable bonds is 8. The summed E-state index contributed by atoms with van der Waals surface area (Å²) < 4.78 is 9.41. The molecular weight excluding hydrogens is 571 g/mol. The van der Waals surface area contributed by atoms with Crippen LogP contribution < -0.4 is 0 Å². The van der Waals surface area contributed by atoms with Gasteiger partial charge in [0.15, 0.2) is 0 Å². The predicted octanol–water partition coefficient (Wildman–Crippen LogP) is 5.78. The van der Waals surface area contributed by atoms with Crippen molar-refractivity contribution in [1.29, 1.82) is 0 Å². The lowest BCUT2D eigenvalue weighted by Gasteiger charge is -1.97. The van der Waals surface area contributed by atoms with Crippen molar-refractivity contribution in [1.82, 2.24) is 9.97 Å². The van der Waals surface area contributed by atoms with Gasteiger partial charge < -0.3 is 19.4 Å². The molecule has 4 aromatic rings. The number of ether oxygens (including phenoxy) is 2. The minimum atomic E-state index is -0.477. The highest BCUT2D eigenvalue weighted by atomic mass is 35.5. The van der Waals surface area contributed by atoms with Crippen molar-refractivity contribution in [3.8, 4) is 21.1 Å². The summed E-state index contributed by atoms with van der Waals surface area (Å²) >= 11 is 14.1. The number of aromatic nitrogens is 2. The quantitative estimate of drug-likeness (QED) is 0.202. The normalized spacial score (nSPS) is 10.3. The molecule has 2 aromatic heterocycles. The van der Waals surface area contributed by atoms with E-state index in [4.69, 9.17) is 33.0 Å². The summed E-state index contributed by atoms with van der Waals surface area (Å²) in [7, 11) is 2.63. The van der Waals surface area contributed by atoms with E-state index in [1.54, 1.807) is 24.3 Å². The van der Waals surface area contributed by atoms with E-state index in [1.165, 1.54) is 36.9 Å². The average molecular weight is 594 g/mol. The van der Waals surface area contributed by atoms with E-state index >= 15 is 0 Å². The molecule has 0 spiro atoms. The van der Waals surface area contributed by atoms with Gasteiger partial charge in [0, 0.05) is 40.6 Å². The lowest BCUT2D eigenvalue weighted by Crippen LogP contribution is -2.04. The molecule has 0 saturated carbocycles. The predicted molar refractivity (Wildman–Crippen MR) is 148 cm³/mol. The van der Waals surface area contributed by atoms with Gasteiger partial charge in [-0.15, -0.1) is 22.7 Å². The van der Waals surface area contributed by atoms with E-state index in [0.717, 1.165) is 11.1 Å². The molecule has 8 nitrogen and oxygen atoms in total. The molecule has 0 aliphatic heterocycles. The molecule has 2 heterocycles. The number of carbonyl (C=O) groups excluding carboxylic acids is 3. The lowest BCUT2D eigenvalue weighted by molar-refractivity contribution is -0.107. The van der Waals surface area contributed by atoms with Crippen LogP contribution in [0.1, 0.15) is 30.7 Å². The van der Waals surface area contributed by atoms with Crippen molar-refractivity contribution in [3.05, 3.63) is 79.7 Å². The minimum Gasteiger partial charge on any atom is -0.465 e. The number of nitrogens with zero attached hydrogens (tertiary/aromatic N) is 2. The molecule has 0 bridgehead atoms. The van der Waals surface area contributed by atoms with Gasteiger partial charge in [0.2, 0.25) is 0 Å². The Balaban J connectivity index is 0.000000211. The fourth-order valence-corrected chi connectivity index (χ4v) is 5.44. The molecule has 38 heavy (non-hydrogen) atoms. The molecule has 4 rings (SSSR count). The smallest absolute Gasteiger partial charge is 0.350 e. The number of methoxy groups -OCH3 is 2. The molecule has 0 radical (unpaired) electrons. The Morgan fingerprint density at radius 1 is 0.816 bits per heavy atom. The SMILES string of the molecule is COC(=O)c1sc(-c2ccc(Cl)cc2)nc1CC=O.COC(=O)c1sc(-c2ccc(Cl)cc2)nc1CCO. The Kier molecular flexibility index (Phi) is 10.9. The Bertz CT molecular complexity index is 1400. The first-order chi connectivity index (χ1) is 18.3. The monoisotopic (exact) mass is 592 g/mol. The minimum absolute atomic E-state index is 0.0617. The number of hydrogen-bond acceptors (Lipinski definition) is 10. The van der Waals surface area contributed by atoms with Crippen LogP contribution in [0.25, 0.3) is 21.1 Å². The molecule has 198 valence electrons. The molecule has 2 aromatic carbocycles. The summed E-state index contributed by atoms with van der Waals surface area (Å²) in [5.41, 5.74) is 2.72. The lowest BCUT2D eigenvalue weighted by atomic mass is 10.2. The second-order valence-electron chi connectivity index (χ2n) is 7.43. The van der Waals surface area contributed by atoms with E-state index in [-0.39, 0.29) is 13.0 Å². The molecular formula is C26H22Cl2N2O6S2. The molecule has 1 N–H and O–H groups in total. The van der Waals surface area contributed by atoms with Crippen LogP contribution in [0.3, 0.4) is 0 Å². The van der Waals surface area contributed by atoms with Crippen LogP contribution >= 0.6 is 45.9 Å². The van der Waals surface area contributed by atoms with Crippen LogP contribution in [0.5, 0.6) is 0 Å². The summed E-state index contributed by atoms with van der Waals surface area (Å²) in [6, 6.07) is 14.3. The van der Waals surface area contributed by atoms with E-state index in [2.05, 4.69) is 14.7 Å². The Hall–Kier alpha value is -3.15. The first kappa shape index (κ1) is 29.4. The van der Waals surface area contributed by atoms with Gasteiger partial charge in [-0.25, -0.2) is 19.6 Å². The molecule has 0 aliphatic rings. The van der Waals surface area contributed by atoms with E-state index in [0.29, 0.717) is 53.9 Å². The Labute approximate surface area is 236 Å². The highest BCUT2D eigenvalue weighted by Gasteiger charge is 2.20. The number of thiazole rings is 2. The van der Waals surface area contributed by atoms with Gasteiger partial charge in [-0.3, -0.25) is 0 Å². The van der Waals surface area contributed by atoms with Gasteiger partial charge >= 0.3 is 11.9 Å². The zero-order valence-corrected chi connectivity index (χ0v) is 23.4. The molecule has 0 amide bonds. The number of aldehydes is 1. The highest BCUT2D eigenvalue weighted by molar-refractivity contribution is 7.17. The van der Waals surface area contributed by atoms with Crippen molar-refractivity contribution >= 4 is 64.1 Å². The molecule has 0 saturated heterocycles. The standard InChI is InChI=1S/C13H12ClNO3S.C13H10ClNO3S/c2*1-18-13(17)11-10(6-7-16)15-12(19-11)8-2-4-9(14)5-3-8/h2-5,16H,6-7H2,1H3;2-5,7H,6H2,1H3. The summed E-state index contributed by atoms with van der Waals surface area (Å²) in [6.07, 6.45) is 1.14. The van der Waals surface area contributed by atoms with Gasteiger partial charge in [0.25, 0.3) is 0 Å². The van der Waals surface area contributed by atoms with Crippen molar-refractivity contribution in [2.24, 2.45) is 0 Å². The molecule has 0 unspecified atom stereocenters. The van der Waals surface area contributed by atoms with Gasteiger partial charge in [-0.05, 0) is 24.3 Å². The van der Waals surface area contributed by atoms with Crippen molar-refractivity contribution in [3.63, 3.8) is 0 Å². The summed E-state index contributed by atoms with van der Waals surface area (Å²) in [5.74, 6) is -0.907. The maximum atomic E-state index is 11.7. The Morgan fingerprint density at radius 2 is 1.24 bits per heavy atom. The van der Waals surface area contributed by atoms with Gasteiger partial charge in [-0.1, -0.05) is 47.5 Å². The number of benzene rings is 2. The van der Waals surface area contributed by atoms with E-state index in [9.17, 15) is 14.4 Å². The maximum Gasteiger partial charge on any atom is 0.350 e. The van der Waals surface area contributed by atoms with Crippen molar-refractivity contribution in [2.45, 2.75) is 12.8 Å². The number of hydrogen-bond donors (Lipinski definition) is 1. The maximum absolute atomic E-state index is 11.7. The number of aliphatic hydroxyl groups excluding tert-OH is 1. The third kappa shape index (κ3) is 7.46. The summed E-state index contributed by atoms with van der Waals surface area (Å²) in [5, 5.41) is 11.6. The number of esters is 2. The van der Waals surface area contributed by atoms with Gasteiger partial charge in [0.05, 0.1) is 25.6 Å². The molecule has 12 heteroatoms. The molecule has 0 fully saturated rings. The van der Waals surface area contributed by atoms with Gasteiger partial charge in [0.1, 0.15) is 26.1 Å². The van der Waals surface area contributed by atoms with E-state index < -0.39 is 11.9 Å². The fourth-order valence-electron chi connectivity index (χ4n) is 3.13. The summed E-state index contributed by atoms with van der Waals surface area (Å²) in [4.78, 5) is 43.4. The second kappa shape index (κ2) is 14.1. The van der Waals surface area contributed by atoms with Crippen LogP contribution in [0, 0.1) is 0 Å². The number of aliphatic hydroxyl groups is 1. The molecule has 0 aliphatic carbocycles. The average Bonchev–Trinajstić information content (AvgIpc) is 3.54. The largest absolute Gasteiger partial charge is 0.465 e. The summed E-state index contributed by atoms with van der Waals surface area (Å²) in [6.45, 7) is -0.0617. The second-order valence-corrected chi connectivity index (χ2v) is 10.3. The highest BCUT2D eigenvalue weighted by Crippen LogP contribution is 2.31. The number of carbonyl (C=O) groups is 3. The number of halogens is 2. The van der Waals surface area contributed by atoms with Crippen LogP contribution in [0.15, 0.2) is 48.5 Å². The fraction of sp³-hybridized carbons (Fsp3) is 0.192. The topological polar surface area (TPSA) is 116 Å². The van der Waals surface area contributed by atoms with Crippen molar-refractivity contribution in [2.75, 3.05) is 20.8 Å². The molecule has 0 atom stereocenters. The van der Waals surface area contributed by atoms with Crippen molar-refractivity contribution < 1.29 is 29.0 Å². The van der Waals surface area contributed by atoms with E-state index in [1.807, 2.05) is 24.3 Å². The van der Waals surface area contributed by atoms with Crippen LogP contribution in [0.2, 0.25) is 10.0 Å².